The second-order valence-corrected chi connectivity index (χ2v) is 12.3. The molecular formula is C32H40N2O5. The monoisotopic (exact) mass is 532 g/mol. The summed E-state index contributed by atoms with van der Waals surface area (Å²) in [5.74, 6) is -1.23. The predicted octanol–water partition coefficient (Wildman–Crippen LogP) is 5.08. The van der Waals surface area contributed by atoms with E-state index in [0.29, 0.717) is 12.2 Å². The largest absolute Gasteiger partial charge is 0.468 e. The van der Waals surface area contributed by atoms with Gasteiger partial charge < -0.3 is 19.3 Å². The zero-order valence-electron chi connectivity index (χ0n) is 23.7. The van der Waals surface area contributed by atoms with Gasteiger partial charge in [-0.1, -0.05) is 63.2 Å². The van der Waals surface area contributed by atoms with E-state index >= 15 is 0 Å². The third kappa shape index (κ3) is 4.86. The fourth-order valence-electron chi connectivity index (χ4n) is 6.51. The summed E-state index contributed by atoms with van der Waals surface area (Å²) in [5, 5.41) is 2.14. The van der Waals surface area contributed by atoms with Crippen molar-refractivity contribution in [1.29, 1.82) is 0 Å². The first kappa shape index (κ1) is 27.4. The number of nitrogens with zero attached hydrogens (tertiary/aromatic N) is 2. The van der Waals surface area contributed by atoms with Crippen molar-refractivity contribution in [1.82, 2.24) is 9.80 Å². The Bertz CT molecular complexity index is 1300. The van der Waals surface area contributed by atoms with Crippen LogP contribution in [0.2, 0.25) is 0 Å². The van der Waals surface area contributed by atoms with Crippen LogP contribution in [-0.4, -0.2) is 60.0 Å². The number of hydrogen-bond acceptors (Lipinski definition) is 5. The van der Waals surface area contributed by atoms with Gasteiger partial charge >= 0.3 is 5.97 Å². The average Bonchev–Trinajstić information content (AvgIpc) is 3.46. The zero-order chi connectivity index (χ0) is 27.9. The quantitative estimate of drug-likeness (QED) is 0.502. The van der Waals surface area contributed by atoms with Gasteiger partial charge in [-0.05, 0) is 54.0 Å². The molecule has 2 fully saturated rings. The Morgan fingerprint density at radius 3 is 2.46 bits per heavy atom. The summed E-state index contributed by atoms with van der Waals surface area (Å²) < 4.78 is 11.9. The SMILES string of the molecule is COC(=O)[C@]12C[C@H](CC(=O)N3CCCC3)C(=O)N(Cc3cccc4ccccc34)C1=C[C@H](C(C)(C)C)O[C@@H]2C. The van der Waals surface area contributed by atoms with Gasteiger partial charge in [0.15, 0.2) is 0 Å². The van der Waals surface area contributed by atoms with Gasteiger partial charge in [-0.3, -0.25) is 14.4 Å². The van der Waals surface area contributed by atoms with Gasteiger partial charge in [0.1, 0.15) is 5.41 Å². The molecule has 7 heteroatoms. The molecule has 3 heterocycles. The fraction of sp³-hybridized carbons (Fsp3) is 0.531. The normalized spacial score (nSPS) is 27.4. The molecular weight excluding hydrogens is 492 g/mol. The smallest absolute Gasteiger partial charge is 0.320 e. The molecule has 7 nitrogen and oxygen atoms in total. The molecule has 3 aliphatic rings. The van der Waals surface area contributed by atoms with Gasteiger partial charge in [0.25, 0.3) is 0 Å². The van der Waals surface area contributed by atoms with Crippen LogP contribution < -0.4 is 0 Å². The average molecular weight is 533 g/mol. The first-order chi connectivity index (χ1) is 18.6. The number of methoxy groups -OCH3 is 1. The summed E-state index contributed by atoms with van der Waals surface area (Å²) in [4.78, 5) is 44.9. The molecule has 2 aromatic rings. The highest BCUT2D eigenvalue weighted by Crippen LogP contribution is 2.52. The Morgan fingerprint density at radius 1 is 1.08 bits per heavy atom. The highest BCUT2D eigenvalue weighted by atomic mass is 16.5. The standard InChI is InChI=1S/C32H40N2O5/c1-21-32(30(37)38-5)19-24(17-28(35)33-15-8-9-16-33)29(36)34(26(32)18-27(39-21)31(2,3)4)20-23-13-10-12-22-11-6-7-14-25(22)23/h6-7,10-14,18,21,24,27H,8-9,15-17,19-20H2,1-5H3/t21-,24+,27-,32+/m1/s1. The number of hydrogen-bond donors (Lipinski definition) is 0. The molecule has 4 atom stereocenters. The molecule has 0 radical (unpaired) electrons. The maximum Gasteiger partial charge on any atom is 0.320 e. The van der Waals surface area contributed by atoms with Crippen LogP contribution in [0.5, 0.6) is 0 Å². The lowest BCUT2D eigenvalue weighted by Gasteiger charge is -2.53. The van der Waals surface area contributed by atoms with Gasteiger partial charge in [-0.15, -0.1) is 0 Å². The lowest BCUT2D eigenvalue weighted by Crippen LogP contribution is -2.61. The number of fused-ring (bicyclic) bond motifs is 2. The van der Waals surface area contributed by atoms with Crippen LogP contribution in [0.15, 0.2) is 54.2 Å². The van der Waals surface area contributed by atoms with Crippen molar-refractivity contribution in [3.63, 3.8) is 0 Å². The molecule has 0 unspecified atom stereocenters. The number of ether oxygens (including phenoxy) is 2. The minimum atomic E-state index is -1.19. The highest BCUT2D eigenvalue weighted by Gasteiger charge is 2.60. The molecule has 0 N–H and O–H groups in total. The summed E-state index contributed by atoms with van der Waals surface area (Å²) in [6, 6.07) is 14.2. The summed E-state index contributed by atoms with van der Waals surface area (Å²) in [5.41, 5.74) is 0.181. The Balaban J connectivity index is 1.63. The number of benzene rings is 2. The predicted molar refractivity (Wildman–Crippen MR) is 149 cm³/mol. The van der Waals surface area contributed by atoms with Crippen LogP contribution in [0.4, 0.5) is 0 Å². The van der Waals surface area contributed by atoms with E-state index in [1.165, 1.54) is 7.11 Å². The third-order valence-electron chi connectivity index (χ3n) is 8.78. The first-order valence-corrected chi connectivity index (χ1v) is 14.1. The molecule has 0 aromatic heterocycles. The van der Waals surface area contributed by atoms with Crippen molar-refractivity contribution in [3.8, 4) is 0 Å². The Kier molecular flexibility index (Phi) is 7.31. The molecule has 5 rings (SSSR count). The van der Waals surface area contributed by atoms with E-state index in [4.69, 9.17) is 9.47 Å². The van der Waals surface area contributed by atoms with E-state index in [2.05, 4.69) is 39.0 Å². The van der Waals surface area contributed by atoms with Crippen molar-refractivity contribution in [2.75, 3.05) is 20.2 Å². The number of carbonyl (C=O) groups excluding carboxylic acids is 3. The van der Waals surface area contributed by atoms with Gasteiger partial charge in [0.2, 0.25) is 11.8 Å². The molecule has 0 saturated carbocycles. The van der Waals surface area contributed by atoms with Crippen LogP contribution in [0.25, 0.3) is 10.8 Å². The maximum atomic E-state index is 14.3. The Labute approximate surface area is 231 Å². The van der Waals surface area contributed by atoms with Crippen molar-refractivity contribution in [2.24, 2.45) is 16.7 Å². The van der Waals surface area contributed by atoms with Crippen LogP contribution >= 0.6 is 0 Å². The third-order valence-corrected chi connectivity index (χ3v) is 8.78. The number of likely N-dealkylation sites (tertiary alicyclic amines) is 2. The number of piperidine rings is 1. The van der Waals surface area contributed by atoms with E-state index in [1.807, 2.05) is 42.2 Å². The number of amides is 2. The molecule has 0 bridgehead atoms. The number of esters is 1. The Hall–Kier alpha value is -3.19. The van der Waals surface area contributed by atoms with Crippen molar-refractivity contribution in [3.05, 3.63) is 59.8 Å². The van der Waals surface area contributed by atoms with Gasteiger partial charge in [0, 0.05) is 31.1 Å². The van der Waals surface area contributed by atoms with Crippen molar-refractivity contribution in [2.45, 2.75) is 72.1 Å². The van der Waals surface area contributed by atoms with Crippen LogP contribution in [-0.2, 0) is 30.4 Å². The lowest BCUT2D eigenvalue weighted by atomic mass is 9.65. The number of rotatable bonds is 5. The Morgan fingerprint density at radius 2 is 1.77 bits per heavy atom. The minimum Gasteiger partial charge on any atom is -0.468 e. The molecule has 0 spiro atoms. The van der Waals surface area contributed by atoms with E-state index in [1.54, 1.807) is 4.90 Å². The summed E-state index contributed by atoms with van der Waals surface area (Å²) in [6.45, 7) is 9.90. The minimum absolute atomic E-state index is 0.0274. The zero-order valence-corrected chi connectivity index (χ0v) is 23.7. The lowest BCUT2D eigenvalue weighted by molar-refractivity contribution is -0.180. The number of carbonyl (C=O) groups is 3. The van der Waals surface area contributed by atoms with Crippen molar-refractivity contribution < 1.29 is 23.9 Å². The van der Waals surface area contributed by atoms with Gasteiger partial charge in [-0.25, -0.2) is 0 Å². The molecule has 208 valence electrons. The molecule has 2 saturated heterocycles. The molecule has 39 heavy (non-hydrogen) atoms. The van der Waals surface area contributed by atoms with Crippen LogP contribution in [0.3, 0.4) is 0 Å². The van der Waals surface area contributed by atoms with E-state index in [-0.39, 0.29) is 36.2 Å². The van der Waals surface area contributed by atoms with E-state index in [9.17, 15) is 14.4 Å². The second kappa shape index (κ2) is 10.4. The van der Waals surface area contributed by atoms with E-state index in [0.717, 1.165) is 42.3 Å². The van der Waals surface area contributed by atoms with E-state index < -0.39 is 23.4 Å². The molecule has 3 aliphatic heterocycles. The van der Waals surface area contributed by atoms with Crippen molar-refractivity contribution >= 4 is 28.6 Å². The second-order valence-electron chi connectivity index (χ2n) is 12.3. The summed E-state index contributed by atoms with van der Waals surface area (Å²) in [7, 11) is 1.38. The van der Waals surface area contributed by atoms with Crippen LogP contribution in [0, 0.1) is 16.7 Å². The molecule has 2 amide bonds. The fourth-order valence-corrected chi connectivity index (χ4v) is 6.51. The van der Waals surface area contributed by atoms with Gasteiger partial charge in [-0.2, -0.15) is 0 Å². The molecule has 0 aliphatic carbocycles. The topological polar surface area (TPSA) is 76.2 Å². The summed E-state index contributed by atoms with van der Waals surface area (Å²) in [6.07, 6.45) is 3.34. The molecule has 2 aromatic carbocycles. The summed E-state index contributed by atoms with van der Waals surface area (Å²) >= 11 is 0. The van der Waals surface area contributed by atoms with Gasteiger partial charge in [0.05, 0.1) is 25.9 Å². The maximum absolute atomic E-state index is 14.3. The highest BCUT2D eigenvalue weighted by molar-refractivity contribution is 5.93. The first-order valence-electron chi connectivity index (χ1n) is 14.1. The van der Waals surface area contributed by atoms with Crippen LogP contribution in [0.1, 0.15) is 58.9 Å².